The summed E-state index contributed by atoms with van der Waals surface area (Å²) in [4.78, 5) is 32.7. The van der Waals surface area contributed by atoms with Gasteiger partial charge in [0.1, 0.15) is 11.1 Å². The van der Waals surface area contributed by atoms with Crippen molar-refractivity contribution in [1.82, 2.24) is 15.0 Å². The van der Waals surface area contributed by atoms with Crippen LogP contribution in [-0.2, 0) is 11.3 Å². The number of methoxy groups -OCH3 is 1. The molecule has 0 bridgehead atoms. The predicted octanol–water partition coefficient (Wildman–Crippen LogP) is 5.32. The fourth-order valence-corrected chi connectivity index (χ4v) is 6.15. The van der Waals surface area contributed by atoms with Crippen LogP contribution in [0.1, 0.15) is 60.6 Å². The standard InChI is InChI=1S/C30H33N5O4S/c1-3-27-29(21-11-12-25(38-2)26(16-21)39-23-9-4-5-10-23)34-35(28(19-36)40-27)18-20-7-6-8-22(15-20)33-30(37)24-17-31-13-14-32-24/h6-8,11-17,19,23,27-28H,3-5,9-10,18H2,1-2H3,(H,33,37). The van der Waals surface area contributed by atoms with Crippen molar-refractivity contribution >= 4 is 35.4 Å². The summed E-state index contributed by atoms with van der Waals surface area (Å²) < 4.78 is 11.9. The lowest BCUT2D eigenvalue weighted by Crippen LogP contribution is -2.39. The molecular weight excluding hydrogens is 526 g/mol. The number of thioether (sulfide) groups is 1. The van der Waals surface area contributed by atoms with Crippen molar-refractivity contribution in [1.29, 1.82) is 0 Å². The summed E-state index contributed by atoms with van der Waals surface area (Å²) in [6.07, 6.45) is 10.8. The zero-order chi connectivity index (χ0) is 27.9. The lowest BCUT2D eigenvalue weighted by atomic mass is 10.0. The molecule has 2 heterocycles. The van der Waals surface area contributed by atoms with E-state index in [1.54, 1.807) is 18.9 Å². The molecule has 0 radical (unpaired) electrons. The average molecular weight is 560 g/mol. The average Bonchev–Trinajstić information content (AvgIpc) is 3.50. The van der Waals surface area contributed by atoms with E-state index < -0.39 is 5.37 Å². The Morgan fingerprint density at radius 1 is 1.15 bits per heavy atom. The SMILES string of the molecule is CCC1SC(C=O)N(Cc2cccc(NC(=O)c3cnccn3)c2)N=C1c1ccc(OC)c(OC2CCCC2)c1. The molecular formula is C30H33N5O4S. The Labute approximate surface area is 238 Å². The number of hydrogen-bond donors (Lipinski definition) is 1. The number of carbonyl (C=O) groups excluding carboxylic acids is 2. The first-order chi connectivity index (χ1) is 19.6. The molecule has 2 aliphatic rings. The molecule has 5 rings (SSSR count). The van der Waals surface area contributed by atoms with Crippen LogP contribution in [0.2, 0.25) is 0 Å². The van der Waals surface area contributed by atoms with E-state index in [9.17, 15) is 9.59 Å². The molecule has 2 unspecified atom stereocenters. The van der Waals surface area contributed by atoms with Crippen molar-refractivity contribution < 1.29 is 19.1 Å². The highest BCUT2D eigenvalue weighted by molar-refractivity contribution is 8.01. The largest absolute Gasteiger partial charge is 0.493 e. The number of benzene rings is 2. The maximum Gasteiger partial charge on any atom is 0.275 e. The molecule has 208 valence electrons. The van der Waals surface area contributed by atoms with Crippen molar-refractivity contribution in [2.24, 2.45) is 5.10 Å². The van der Waals surface area contributed by atoms with Crippen LogP contribution in [0.3, 0.4) is 0 Å². The number of carbonyl (C=O) groups is 2. The van der Waals surface area contributed by atoms with E-state index in [0.717, 1.165) is 48.1 Å². The number of hydrazone groups is 1. The summed E-state index contributed by atoms with van der Waals surface area (Å²) in [6, 6.07) is 13.5. The third-order valence-electron chi connectivity index (χ3n) is 7.01. The first kappa shape index (κ1) is 27.6. The summed E-state index contributed by atoms with van der Waals surface area (Å²) in [5.41, 5.74) is 3.61. The van der Waals surface area contributed by atoms with Crippen LogP contribution in [0.25, 0.3) is 0 Å². The van der Waals surface area contributed by atoms with E-state index in [2.05, 4.69) is 22.2 Å². The number of rotatable bonds is 10. The van der Waals surface area contributed by atoms with E-state index >= 15 is 0 Å². The number of aldehydes is 1. The first-order valence-corrected chi connectivity index (χ1v) is 14.5. The monoisotopic (exact) mass is 559 g/mol. The molecule has 40 heavy (non-hydrogen) atoms. The molecule has 2 atom stereocenters. The summed E-state index contributed by atoms with van der Waals surface area (Å²) in [5.74, 6) is 1.09. The van der Waals surface area contributed by atoms with Gasteiger partial charge in [0.25, 0.3) is 5.91 Å². The molecule has 1 amide bonds. The molecule has 1 N–H and O–H groups in total. The summed E-state index contributed by atoms with van der Waals surface area (Å²) in [7, 11) is 1.65. The lowest BCUT2D eigenvalue weighted by Gasteiger charge is -2.35. The normalized spacial score (nSPS) is 19.1. The Hall–Kier alpha value is -3.92. The minimum Gasteiger partial charge on any atom is -0.493 e. The van der Waals surface area contributed by atoms with Crippen LogP contribution in [0, 0.1) is 0 Å². The predicted molar refractivity (Wildman–Crippen MR) is 156 cm³/mol. The molecule has 0 spiro atoms. The van der Waals surface area contributed by atoms with Crippen LogP contribution < -0.4 is 14.8 Å². The van der Waals surface area contributed by atoms with Crippen molar-refractivity contribution in [3.8, 4) is 11.5 Å². The van der Waals surface area contributed by atoms with E-state index in [1.165, 1.54) is 31.4 Å². The molecule has 1 fully saturated rings. The first-order valence-electron chi connectivity index (χ1n) is 13.5. The molecule has 9 nitrogen and oxygen atoms in total. The highest BCUT2D eigenvalue weighted by Crippen LogP contribution is 2.37. The zero-order valence-electron chi connectivity index (χ0n) is 22.7. The van der Waals surface area contributed by atoms with E-state index in [4.69, 9.17) is 14.6 Å². The Kier molecular flexibility index (Phi) is 8.95. The molecule has 0 saturated heterocycles. The van der Waals surface area contributed by atoms with Crippen molar-refractivity contribution in [3.05, 3.63) is 77.9 Å². The van der Waals surface area contributed by atoms with E-state index in [-0.39, 0.29) is 23.0 Å². The van der Waals surface area contributed by atoms with E-state index in [1.807, 2.05) is 47.5 Å². The van der Waals surface area contributed by atoms with E-state index in [0.29, 0.717) is 18.0 Å². The molecule has 1 aliphatic heterocycles. The molecule has 10 heteroatoms. The number of ether oxygens (including phenoxy) is 2. The van der Waals surface area contributed by atoms with Gasteiger partial charge >= 0.3 is 0 Å². The maximum absolute atomic E-state index is 12.6. The van der Waals surface area contributed by atoms with Gasteiger partial charge in [-0.3, -0.25) is 14.8 Å². The molecule has 1 saturated carbocycles. The van der Waals surface area contributed by atoms with Gasteiger partial charge in [0.2, 0.25) is 0 Å². The highest BCUT2D eigenvalue weighted by Gasteiger charge is 2.32. The molecule has 1 aromatic heterocycles. The van der Waals surface area contributed by atoms with Gasteiger partial charge < -0.3 is 19.6 Å². The van der Waals surface area contributed by atoms with Gasteiger partial charge in [0.05, 0.1) is 36.9 Å². The van der Waals surface area contributed by atoms with Crippen LogP contribution in [-0.4, -0.2) is 56.7 Å². The van der Waals surface area contributed by atoms with Crippen molar-refractivity contribution in [2.75, 3.05) is 12.4 Å². The zero-order valence-corrected chi connectivity index (χ0v) is 23.5. The Morgan fingerprint density at radius 3 is 2.73 bits per heavy atom. The Bertz CT molecular complexity index is 1360. The highest BCUT2D eigenvalue weighted by atomic mass is 32.2. The second-order valence-electron chi connectivity index (χ2n) is 9.78. The second kappa shape index (κ2) is 13.0. The van der Waals surface area contributed by atoms with Crippen molar-refractivity contribution in [2.45, 2.75) is 62.3 Å². The summed E-state index contributed by atoms with van der Waals surface area (Å²) >= 11 is 1.59. The van der Waals surface area contributed by atoms with Gasteiger partial charge in [0, 0.05) is 23.6 Å². The second-order valence-corrected chi connectivity index (χ2v) is 11.1. The van der Waals surface area contributed by atoms with Gasteiger partial charge in [-0.15, -0.1) is 11.8 Å². The molecule has 3 aromatic rings. The van der Waals surface area contributed by atoms with Gasteiger partial charge in [0.15, 0.2) is 17.8 Å². The Morgan fingerprint density at radius 2 is 2.00 bits per heavy atom. The third kappa shape index (κ3) is 6.44. The lowest BCUT2D eigenvalue weighted by molar-refractivity contribution is -0.110. The fraction of sp³-hybridized carbons (Fsp3) is 0.367. The molecule has 2 aromatic carbocycles. The van der Waals surface area contributed by atoms with Gasteiger partial charge in [-0.05, 0) is 68.0 Å². The number of aromatic nitrogens is 2. The minimum atomic E-state index is -0.431. The quantitative estimate of drug-likeness (QED) is 0.333. The third-order valence-corrected chi connectivity index (χ3v) is 8.52. The van der Waals surface area contributed by atoms with Crippen LogP contribution in [0.5, 0.6) is 11.5 Å². The number of hydrogen-bond acceptors (Lipinski definition) is 9. The summed E-state index contributed by atoms with van der Waals surface area (Å²) in [6.45, 7) is 2.50. The summed E-state index contributed by atoms with van der Waals surface area (Å²) in [5, 5.41) is 9.31. The molecule has 1 aliphatic carbocycles. The number of nitrogens with one attached hydrogen (secondary N) is 1. The van der Waals surface area contributed by atoms with Gasteiger partial charge in [-0.1, -0.05) is 19.1 Å². The number of amides is 1. The fourth-order valence-electron chi connectivity index (χ4n) is 4.98. The van der Waals surface area contributed by atoms with Gasteiger partial charge in [-0.2, -0.15) is 5.10 Å². The van der Waals surface area contributed by atoms with Crippen LogP contribution >= 0.6 is 11.8 Å². The minimum absolute atomic E-state index is 0.0526. The number of nitrogens with zero attached hydrogens (tertiary/aromatic N) is 4. The smallest absolute Gasteiger partial charge is 0.275 e. The number of anilines is 1. The van der Waals surface area contributed by atoms with Crippen molar-refractivity contribution in [3.63, 3.8) is 0 Å². The maximum atomic E-state index is 12.6. The van der Waals surface area contributed by atoms with Crippen LogP contribution in [0.4, 0.5) is 5.69 Å². The topological polar surface area (TPSA) is 106 Å². The van der Waals surface area contributed by atoms with Crippen LogP contribution in [0.15, 0.2) is 66.2 Å². The van der Waals surface area contributed by atoms with Gasteiger partial charge in [-0.25, -0.2) is 4.98 Å². The Balaban J connectivity index is 1.39.